The minimum atomic E-state index is 0.621. The fourth-order valence-electron chi connectivity index (χ4n) is 1.55. The average Bonchev–Trinajstić information content (AvgIpc) is 2.49. The lowest BCUT2D eigenvalue weighted by molar-refractivity contribution is 0.345. The Balaban J connectivity index is 2.39. The lowest BCUT2D eigenvalue weighted by Gasteiger charge is -2.06. The second-order valence-electron chi connectivity index (χ2n) is 3.68. The molecule has 1 aliphatic heterocycles. The van der Waals surface area contributed by atoms with Crippen molar-refractivity contribution in [2.45, 2.75) is 26.4 Å². The molecule has 1 aromatic rings. The van der Waals surface area contributed by atoms with Crippen LogP contribution in [0, 0.1) is 0 Å². The largest absolute Gasteiger partial charge is 0.430 e. The second-order valence-corrected chi connectivity index (χ2v) is 3.68. The molecule has 2 heteroatoms. The number of rotatable bonds is 1. The summed E-state index contributed by atoms with van der Waals surface area (Å²) in [5.74, 6) is 0.621. The van der Waals surface area contributed by atoms with Crippen molar-refractivity contribution in [1.29, 1.82) is 0 Å². The van der Waals surface area contributed by atoms with Crippen LogP contribution in [0.2, 0.25) is 0 Å². The molecule has 2 rings (SSSR count). The van der Waals surface area contributed by atoms with E-state index in [0.29, 0.717) is 5.92 Å². The predicted molar refractivity (Wildman–Crippen MR) is 52.1 cm³/mol. The van der Waals surface area contributed by atoms with Crippen LogP contribution in [0.4, 0.5) is 0 Å². The third-order valence-corrected chi connectivity index (χ3v) is 2.41. The minimum Gasteiger partial charge on any atom is -0.430 e. The van der Waals surface area contributed by atoms with E-state index >= 15 is 0 Å². The number of hydrogen-bond donors (Lipinski definition) is 0. The van der Waals surface area contributed by atoms with E-state index in [1.54, 1.807) is 0 Å². The van der Waals surface area contributed by atoms with Crippen LogP contribution in [0.3, 0.4) is 0 Å². The van der Waals surface area contributed by atoms with Gasteiger partial charge in [0.15, 0.2) is 0 Å². The standard InChI is InChI=1S/C10H13BO/c1-7(2)8-3-4-9-6-12-11-10(9)5-8/h3-5,7,11H,6H2,1-2H3. The third-order valence-electron chi connectivity index (χ3n) is 2.41. The van der Waals surface area contributed by atoms with Crippen LogP contribution >= 0.6 is 0 Å². The van der Waals surface area contributed by atoms with Crippen molar-refractivity contribution in [3.05, 3.63) is 29.3 Å². The number of benzene rings is 1. The van der Waals surface area contributed by atoms with E-state index < -0.39 is 0 Å². The zero-order valence-corrected chi connectivity index (χ0v) is 7.63. The summed E-state index contributed by atoms with van der Waals surface area (Å²) in [5, 5.41) is 0. The summed E-state index contributed by atoms with van der Waals surface area (Å²) < 4.78 is 5.35. The van der Waals surface area contributed by atoms with Crippen molar-refractivity contribution in [1.82, 2.24) is 0 Å². The molecule has 0 spiro atoms. The summed E-state index contributed by atoms with van der Waals surface area (Å²) in [5.41, 5.74) is 4.15. The lowest BCUT2D eigenvalue weighted by Crippen LogP contribution is -2.12. The molecule has 0 fully saturated rings. The molecule has 62 valence electrons. The Morgan fingerprint density at radius 3 is 3.00 bits per heavy atom. The summed E-state index contributed by atoms with van der Waals surface area (Å²) in [4.78, 5) is 0. The second kappa shape index (κ2) is 2.94. The van der Waals surface area contributed by atoms with Crippen LogP contribution in [-0.2, 0) is 11.3 Å². The minimum absolute atomic E-state index is 0.621. The van der Waals surface area contributed by atoms with Crippen LogP contribution < -0.4 is 5.46 Å². The monoisotopic (exact) mass is 160 g/mol. The highest BCUT2D eigenvalue weighted by atomic mass is 16.4. The molecular formula is C10H13BO. The Morgan fingerprint density at radius 2 is 2.25 bits per heavy atom. The lowest BCUT2D eigenvalue weighted by atomic mass is 9.84. The van der Waals surface area contributed by atoms with Gasteiger partial charge in [-0.1, -0.05) is 32.0 Å². The Labute approximate surface area is 74.0 Å². The van der Waals surface area contributed by atoms with Crippen LogP contribution in [0.1, 0.15) is 30.9 Å². The van der Waals surface area contributed by atoms with E-state index in [1.165, 1.54) is 16.6 Å². The van der Waals surface area contributed by atoms with Gasteiger partial charge in [-0.3, -0.25) is 0 Å². The first-order chi connectivity index (χ1) is 5.77. The molecule has 0 N–H and O–H groups in total. The molecule has 0 radical (unpaired) electrons. The fraction of sp³-hybridized carbons (Fsp3) is 0.400. The van der Waals surface area contributed by atoms with Crippen molar-refractivity contribution in [2.75, 3.05) is 0 Å². The maximum atomic E-state index is 5.35. The highest BCUT2D eigenvalue weighted by molar-refractivity contribution is 6.48. The zero-order valence-electron chi connectivity index (χ0n) is 7.63. The van der Waals surface area contributed by atoms with Gasteiger partial charge in [0.1, 0.15) is 0 Å². The fourth-order valence-corrected chi connectivity index (χ4v) is 1.55. The molecule has 0 amide bonds. The Hall–Kier alpha value is -0.755. The topological polar surface area (TPSA) is 9.23 Å². The van der Waals surface area contributed by atoms with Crippen molar-refractivity contribution >= 4 is 12.9 Å². The number of fused-ring (bicyclic) bond motifs is 1. The van der Waals surface area contributed by atoms with Gasteiger partial charge in [0, 0.05) is 0 Å². The van der Waals surface area contributed by atoms with Crippen LogP contribution in [0.5, 0.6) is 0 Å². The summed E-state index contributed by atoms with van der Waals surface area (Å²) in [6.45, 7) is 5.24. The van der Waals surface area contributed by atoms with Gasteiger partial charge in [0.2, 0.25) is 0 Å². The molecular weight excluding hydrogens is 147 g/mol. The maximum absolute atomic E-state index is 5.35. The predicted octanol–water partition coefficient (Wildman–Crippen LogP) is 1.32. The molecule has 0 unspecified atom stereocenters. The van der Waals surface area contributed by atoms with Crippen LogP contribution in [0.15, 0.2) is 18.2 Å². The number of hydrogen-bond acceptors (Lipinski definition) is 1. The third kappa shape index (κ3) is 1.27. The van der Waals surface area contributed by atoms with E-state index in [1.807, 2.05) is 0 Å². The first-order valence-electron chi connectivity index (χ1n) is 4.47. The van der Waals surface area contributed by atoms with Crippen molar-refractivity contribution in [3.8, 4) is 0 Å². The molecule has 0 saturated heterocycles. The van der Waals surface area contributed by atoms with Crippen molar-refractivity contribution < 1.29 is 4.65 Å². The zero-order chi connectivity index (χ0) is 8.55. The normalized spacial score (nSPS) is 14.6. The van der Waals surface area contributed by atoms with E-state index in [2.05, 4.69) is 32.0 Å². The SMILES string of the molecule is CC(C)c1ccc2c(c1)BOC2. The maximum Gasteiger partial charge on any atom is 0.309 e. The van der Waals surface area contributed by atoms with Crippen LogP contribution in [0.25, 0.3) is 0 Å². The Bertz CT molecular complexity index is 294. The van der Waals surface area contributed by atoms with Gasteiger partial charge < -0.3 is 4.65 Å². The molecule has 0 atom stereocenters. The van der Waals surface area contributed by atoms with Gasteiger partial charge in [-0.2, -0.15) is 0 Å². The first-order valence-corrected chi connectivity index (χ1v) is 4.47. The van der Waals surface area contributed by atoms with Gasteiger partial charge in [-0.15, -0.1) is 0 Å². The Morgan fingerprint density at radius 1 is 1.42 bits per heavy atom. The molecule has 0 bridgehead atoms. The highest BCUT2D eigenvalue weighted by Crippen LogP contribution is 2.15. The van der Waals surface area contributed by atoms with E-state index in [0.717, 1.165) is 14.1 Å². The summed E-state index contributed by atoms with van der Waals surface area (Å²) in [7, 11) is 0.801. The van der Waals surface area contributed by atoms with Crippen molar-refractivity contribution in [3.63, 3.8) is 0 Å². The smallest absolute Gasteiger partial charge is 0.309 e. The molecule has 0 aliphatic carbocycles. The van der Waals surface area contributed by atoms with Gasteiger partial charge in [-0.05, 0) is 22.5 Å². The van der Waals surface area contributed by atoms with Gasteiger partial charge >= 0.3 is 7.48 Å². The Kier molecular flexibility index (Phi) is 1.93. The quantitative estimate of drug-likeness (QED) is 0.563. The summed E-state index contributed by atoms with van der Waals surface area (Å²) >= 11 is 0. The van der Waals surface area contributed by atoms with Crippen LogP contribution in [-0.4, -0.2) is 7.48 Å². The molecule has 1 aliphatic rings. The summed E-state index contributed by atoms with van der Waals surface area (Å²) in [6, 6.07) is 6.67. The molecule has 0 saturated carbocycles. The van der Waals surface area contributed by atoms with E-state index in [4.69, 9.17) is 4.65 Å². The first kappa shape index (κ1) is 7.87. The molecule has 1 nitrogen and oxygen atoms in total. The van der Waals surface area contributed by atoms with Crippen molar-refractivity contribution in [2.24, 2.45) is 0 Å². The van der Waals surface area contributed by atoms with Gasteiger partial charge in [-0.25, -0.2) is 0 Å². The molecule has 12 heavy (non-hydrogen) atoms. The van der Waals surface area contributed by atoms with E-state index in [-0.39, 0.29) is 0 Å². The average molecular weight is 160 g/mol. The van der Waals surface area contributed by atoms with Gasteiger partial charge in [0.05, 0.1) is 6.61 Å². The van der Waals surface area contributed by atoms with Gasteiger partial charge in [0.25, 0.3) is 0 Å². The molecule has 1 aromatic carbocycles. The van der Waals surface area contributed by atoms with E-state index in [9.17, 15) is 0 Å². The molecule has 1 heterocycles. The molecule has 0 aromatic heterocycles. The highest BCUT2D eigenvalue weighted by Gasteiger charge is 2.13. The summed E-state index contributed by atoms with van der Waals surface area (Å²) in [6.07, 6.45) is 0.